The zero-order valence-electron chi connectivity index (χ0n) is 9.87. The Kier molecular flexibility index (Phi) is 4.29. The summed E-state index contributed by atoms with van der Waals surface area (Å²) >= 11 is 1.14. The average Bonchev–Trinajstić information content (AvgIpc) is 2.64. The number of aliphatic carboxylic acids is 1. The zero-order chi connectivity index (χ0) is 13.2. The Bertz CT molecular complexity index is 506. The third-order valence-corrected chi connectivity index (χ3v) is 5.68. The lowest BCUT2D eigenvalue weighted by molar-refractivity contribution is -0.141. The minimum atomic E-state index is -3.56. The Morgan fingerprint density at radius 2 is 2.18 bits per heavy atom. The molecule has 5 nitrogen and oxygen atoms in total. The van der Waals surface area contributed by atoms with Crippen molar-refractivity contribution in [1.82, 2.24) is 4.31 Å². The SMILES string of the molecule is Cc1csc(S(=O)(=O)N(C)CC(C)C(=O)O)c1. The normalized spacial score (nSPS) is 13.9. The molecule has 17 heavy (non-hydrogen) atoms. The van der Waals surface area contributed by atoms with Gasteiger partial charge in [0.1, 0.15) is 4.21 Å². The van der Waals surface area contributed by atoms with Crippen LogP contribution in [0.1, 0.15) is 12.5 Å². The predicted octanol–water partition coefficient (Wildman–Crippen LogP) is 1.40. The van der Waals surface area contributed by atoms with Crippen molar-refractivity contribution in [2.45, 2.75) is 18.1 Å². The fourth-order valence-electron chi connectivity index (χ4n) is 1.26. The fraction of sp³-hybridized carbons (Fsp3) is 0.500. The quantitative estimate of drug-likeness (QED) is 0.882. The number of carboxylic acid groups (broad SMARTS) is 1. The molecule has 0 spiro atoms. The number of sulfonamides is 1. The first kappa shape index (κ1) is 14.1. The van der Waals surface area contributed by atoms with Crippen LogP contribution in [0.3, 0.4) is 0 Å². The average molecular weight is 277 g/mol. The highest BCUT2D eigenvalue weighted by Gasteiger charge is 2.25. The Balaban J connectivity index is 2.88. The number of carbonyl (C=O) groups is 1. The molecule has 0 radical (unpaired) electrons. The van der Waals surface area contributed by atoms with Crippen LogP contribution in [0.2, 0.25) is 0 Å². The Labute approximate surface area is 105 Å². The first-order valence-electron chi connectivity index (χ1n) is 4.99. The molecule has 1 aromatic rings. The summed E-state index contributed by atoms with van der Waals surface area (Å²) in [6.07, 6.45) is 0. The molecule has 1 atom stereocenters. The summed E-state index contributed by atoms with van der Waals surface area (Å²) in [5, 5.41) is 10.5. The molecule has 0 bridgehead atoms. The van der Waals surface area contributed by atoms with Gasteiger partial charge in [-0.25, -0.2) is 8.42 Å². The smallest absolute Gasteiger partial charge is 0.307 e. The summed E-state index contributed by atoms with van der Waals surface area (Å²) in [7, 11) is -2.17. The zero-order valence-corrected chi connectivity index (χ0v) is 11.5. The number of rotatable bonds is 5. The molecule has 0 aliphatic carbocycles. The molecule has 0 saturated heterocycles. The third-order valence-electron chi connectivity index (χ3n) is 2.32. The van der Waals surface area contributed by atoms with Gasteiger partial charge in [-0.3, -0.25) is 4.79 Å². The van der Waals surface area contributed by atoms with E-state index < -0.39 is 21.9 Å². The highest BCUT2D eigenvalue weighted by molar-refractivity contribution is 7.91. The number of aryl methyl sites for hydroxylation is 1. The first-order chi connectivity index (χ1) is 7.75. The third kappa shape index (κ3) is 3.27. The van der Waals surface area contributed by atoms with Gasteiger partial charge in [0.25, 0.3) is 10.0 Å². The number of thiophene rings is 1. The van der Waals surface area contributed by atoms with E-state index in [9.17, 15) is 13.2 Å². The Hall–Kier alpha value is -0.920. The highest BCUT2D eigenvalue weighted by Crippen LogP contribution is 2.23. The second kappa shape index (κ2) is 5.16. The topological polar surface area (TPSA) is 74.7 Å². The van der Waals surface area contributed by atoms with Crippen LogP contribution in [-0.4, -0.2) is 37.4 Å². The van der Waals surface area contributed by atoms with Gasteiger partial charge in [0.2, 0.25) is 0 Å². The monoisotopic (exact) mass is 277 g/mol. The summed E-state index contributed by atoms with van der Waals surface area (Å²) in [5.41, 5.74) is 0.883. The standard InChI is InChI=1S/C10H15NO4S2/c1-7-4-9(16-6-7)17(14,15)11(3)5-8(2)10(12)13/h4,6,8H,5H2,1-3H3,(H,12,13). The number of nitrogens with zero attached hydrogens (tertiary/aromatic N) is 1. The van der Waals surface area contributed by atoms with Crippen LogP contribution in [0.5, 0.6) is 0 Å². The first-order valence-corrected chi connectivity index (χ1v) is 7.31. The molecule has 1 unspecified atom stereocenters. The molecule has 0 saturated carbocycles. The maximum absolute atomic E-state index is 12.0. The Morgan fingerprint density at radius 3 is 2.59 bits per heavy atom. The lowest BCUT2D eigenvalue weighted by atomic mass is 10.2. The van der Waals surface area contributed by atoms with Crippen molar-refractivity contribution in [3.63, 3.8) is 0 Å². The molecular formula is C10H15NO4S2. The van der Waals surface area contributed by atoms with Crippen LogP contribution in [-0.2, 0) is 14.8 Å². The van der Waals surface area contributed by atoms with Crippen molar-refractivity contribution >= 4 is 27.3 Å². The molecule has 0 fully saturated rings. The van der Waals surface area contributed by atoms with Crippen LogP contribution < -0.4 is 0 Å². The maximum Gasteiger partial charge on any atom is 0.307 e. The van der Waals surface area contributed by atoms with E-state index in [0.29, 0.717) is 0 Å². The molecule has 0 amide bonds. The lowest BCUT2D eigenvalue weighted by Gasteiger charge is -2.18. The van der Waals surface area contributed by atoms with E-state index in [1.54, 1.807) is 11.4 Å². The number of hydrogen-bond acceptors (Lipinski definition) is 4. The van der Waals surface area contributed by atoms with Gasteiger partial charge in [-0.15, -0.1) is 11.3 Å². The molecule has 1 N–H and O–H groups in total. The van der Waals surface area contributed by atoms with Gasteiger partial charge < -0.3 is 5.11 Å². The second-order valence-corrected chi connectivity index (χ2v) is 7.15. The van der Waals surface area contributed by atoms with Crippen molar-refractivity contribution in [2.24, 2.45) is 5.92 Å². The van der Waals surface area contributed by atoms with Crippen LogP contribution in [0.4, 0.5) is 0 Å². The van der Waals surface area contributed by atoms with E-state index in [1.165, 1.54) is 14.0 Å². The van der Waals surface area contributed by atoms with Gasteiger partial charge >= 0.3 is 5.97 Å². The Morgan fingerprint density at radius 1 is 1.59 bits per heavy atom. The van der Waals surface area contributed by atoms with Gasteiger partial charge in [-0.05, 0) is 23.9 Å². The molecule has 0 aliphatic heterocycles. The minimum Gasteiger partial charge on any atom is -0.481 e. The van der Waals surface area contributed by atoms with Crippen LogP contribution in [0.25, 0.3) is 0 Å². The maximum atomic E-state index is 12.0. The molecule has 0 aromatic carbocycles. The fourth-order valence-corrected chi connectivity index (χ4v) is 3.95. The molecule has 1 heterocycles. The van der Waals surface area contributed by atoms with Crippen molar-refractivity contribution in [1.29, 1.82) is 0 Å². The van der Waals surface area contributed by atoms with E-state index in [4.69, 9.17) is 5.11 Å². The van der Waals surface area contributed by atoms with Gasteiger partial charge in [-0.1, -0.05) is 6.92 Å². The molecule has 1 rings (SSSR count). The van der Waals surface area contributed by atoms with E-state index in [0.717, 1.165) is 21.2 Å². The minimum absolute atomic E-state index is 0.0331. The van der Waals surface area contributed by atoms with E-state index in [1.807, 2.05) is 6.92 Å². The lowest BCUT2D eigenvalue weighted by Crippen LogP contribution is -2.33. The molecule has 0 aliphatic rings. The largest absolute Gasteiger partial charge is 0.481 e. The summed E-state index contributed by atoms with van der Waals surface area (Å²) in [6, 6.07) is 1.59. The highest BCUT2D eigenvalue weighted by atomic mass is 32.2. The van der Waals surface area contributed by atoms with E-state index in [-0.39, 0.29) is 10.8 Å². The second-order valence-electron chi connectivity index (χ2n) is 3.97. The summed E-state index contributed by atoms with van der Waals surface area (Å²) in [4.78, 5) is 10.7. The van der Waals surface area contributed by atoms with Gasteiger partial charge in [0.05, 0.1) is 5.92 Å². The predicted molar refractivity (Wildman–Crippen MR) is 65.7 cm³/mol. The van der Waals surface area contributed by atoms with Crippen LogP contribution in [0.15, 0.2) is 15.7 Å². The van der Waals surface area contributed by atoms with Crippen molar-refractivity contribution < 1.29 is 18.3 Å². The van der Waals surface area contributed by atoms with Crippen LogP contribution >= 0.6 is 11.3 Å². The van der Waals surface area contributed by atoms with Gasteiger partial charge in [0.15, 0.2) is 0 Å². The van der Waals surface area contributed by atoms with Crippen molar-refractivity contribution in [2.75, 3.05) is 13.6 Å². The van der Waals surface area contributed by atoms with Gasteiger partial charge in [-0.2, -0.15) is 4.31 Å². The molecule has 1 aromatic heterocycles. The summed E-state index contributed by atoms with van der Waals surface area (Å²) < 4.78 is 25.4. The summed E-state index contributed by atoms with van der Waals surface area (Å²) in [5.74, 6) is -1.73. The number of hydrogen-bond donors (Lipinski definition) is 1. The molecule has 96 valence electrons. The van der Waals surface area contributed by atoms with Crippen molar-refractivity contribution in [3.05, 3.63) is 17.0 Å². The van der Waals surface area contributed by atoms with E-state index in [2.05, 4.69) is 0 Å². The van der Waals surface area contributed by atoms with Crippen molar-refractivity contribution in [3.8, 4) is 0 Å². The number of carboxylic acids is 1. The molecule has 7 heteroatoms. The van der Waals surface area contributed by atoms with Crippen LogP contribution in [0, 0.1) is 12.8 Å². The van der Waals surface area contributed by atoms with E-state index >= 15 is 0 Å². The summed E-state index contributed by atoms with van der Waals surface area (Å²) in [6.45, 7) is 3.26. The molecular weight excluding hydrogens is 262 g/mol. The van der Waals surface area contributed by atoms with Gasteiger partial charge in [0, 0.05) is 13.6 Å².